The van der Waals surface area contributed by atoms with Crippen LogP contribution in [0.3, 0.4) is 0 Å². The van der Waals surface area contributed by atoms with E-state index in [9.17, 15) is 4.79 Å². The van der Waals surface area contributed by atoms with E-state index in [-0.39, 0.29) is 18.6 Å². The standard InChI is InChI=1S/C25H26N2O5/c1-15(2)31-25(28)32-24-20(14-29-4)23-19-11-18(8-9-21(19)27-22(23)12-26-24)30-13-17-7-5-6-16(3)10-17/h5-12,15,27H,13-14H2,1-4H3. The average Bonchev–Trinajstić information content (AvgIpc) is 3.11. The van der Waals surface area contributed by atoms with Gasteiger partial charge in [0.25, 0.3) is 0 Å². The molecule has 0 saturated carbocycles. The van der Waals surface area contributed by atoms with Gasteiger partial charge in [0.15, 0.2) is 0 Å². The molecule has 0 aliphatic carbocycles. The molecule has 0 amide bonds. The number of methoxy groups -OCH3 is 1. The molecule has 2 aromatic carbocycles. The molecule has 0 aliphatic rings. The van der Waals surface area contributed by atoms with Crippen molar-refractivity contribution in [1.29, 1.82) is 0 Å². The molecule has 4 rings (SSSR count). The van der Waals surface area contributed by atoms with E-state index in [0.29, 0.717) is 12.2 Å². The molecule has 7 heteroatoms. The molecule has 7 nitrogen and oxygen atoms in total. The number of hydrogen-bond acceptors (Lipinski definition) is 6. The fraction of sp³-hybridized carbons (Fsp3) is 0.280. The normalized spacial score (nSPS) is 11.3. The number of pyridine rings is 1. The molecule has 0 aliphatic heterocycles. The van der Waals surface area contributed by atoms with Crippen molar-refractivity contribution in [3.63, 3.8) is 0 Å². The van der Waals surface area contributed by atoms with Crippen molar-refractivity contribution in [2.75, 3.05) is 7.11 Å². The van der Waals surface area contributed by atoms with E-state index in [1.807, 2.05) is 30.3 Å². The SMILES string of the molecule is COCc1c(OC(=O)OC(C)C)ncc2[nH]c3ccc(OCc4cccc(C)c4)cc3c12. The lowest BCUT2D eigenvalue weighted by atomic mass is 10.1. The van der Waals surface area contributed by atoms with Gasteiger partial charge in [-0.3, -0.25) is 0 Å². The molecule has 0 spiro atoms. The van der Waals surface area contributed by atoms with Gasteiger partial charge >= 0.3 is 6.16 Å². The second-order valence-electron chi connectivity index (χ2n) is 7.89. The number of nitrogens with zero attached hydrogens (tertiary/aromatic N) is 1. The van der Waals surface area contributed by atoms with E-state index >= 15 is 0 Å². The number of aryl methyl sites for hydroxylation is 1. The van der Waals surface area contributed by atoms with Gasteiger partial charge in [0.1, 0.15) is 12.4 Å². The quantitative estimate of drug-likeness (QED) is 0.377. The van der Waals surface area contributed by atoms with Crippen LogP contribution in [0.1, 0.15) is 30.5 Å². The summed E-state index contributed by atoms with van der Waals surface area (Å²) in [5.41, 5.74) is 4.69. The summed E-state index contributed by atoms with van der Waals surface area (Å²) < 4.78 is 21.9. The van der Waals surface area contributed by atoms with Crippen LogP contribution in [0.2, 0.25) is 0 Å². The Bertz CT molecular complexity index is 1260. The lowest BCUT2D eigenvalue weighted by Gasteiger charge is -2.12. The van der Waals surface area contributed by atoms with Crippen LogP contribution in [0, 0.1) is 6.92 Å². The largest absolute Gasteiger partial charge is 0.515 e. The fourth-order valence-corrected chi connectivity index (χ4v) is 3.64. The molecule has 0 saturated heterocycles. The van der Waals surface area contributed by atoms with Gasteiger partial charge in [-0.1, -0.05) is 29.8 Å². The van der Waals surface area contributed by atoms with E-state index in [1.165, 1.54) is 5.56 Å². The zero-order valence-corrected chi connectivity index (χ0v) is 18.6. The third-order valence-electron chi connectivity index (χ3n) is 4.96. The summed E-state index contributed by atoms with van der Waals surface area (Å²) in [6.45, 7) is 6.26. The Morgan fingerprint density at radius 3 is 2.69 bits per heavy atom. The summed E-state index contributed by atoms with van der Waals surface area (Å²) in [6, 6.07) is 14.1. The molecular formula is C25H26N2O5. The second kappa shape index (κ2) is 9.28. The number of nitrogens with one attached hydrogen (secondary N) is 1. The predicted octanol–water partition coefficient (Wildman–Crippen LogP) is 5.67. The minimum Gasteiger partial charge on any atom is -0.489 e. The summed E-state index contributed by atoms with van der Waals surface area (Å²) >= 11 is 0. The van der Waals surface area contributed by atoms with Crippen molar-refractivity contribution >= 4 is 28.0 Å². The number of rotatable bonds is 7. The Balaban J connectivity index is 1.71. The number of aromatic amines is 1. The Morgan fingerprint density at radius 2 is 1.94 bits per heavy atom. The van der Waals surface area contributed by atoms with E-state index in [0.717, 1.165) is 33.1 Å². The van der Waals surface area contributed by atoms with E-state index in [4.69, 9.17) is 18.9 Å². The van der Waals surface area contributed by atoms with Crippen molar-refractivity contribution in [1.82, 2.24) is 9.97 Å². The van der Waals surface area contributed by atoms with Gasteiger partial charge in [0.05, 0.1) is 30.0 Å². The van der Waals surface area contributed by atoms with E-state index in [2.05, 4.69) is 29.0 Å². The molecule has 2 heterocycles. The number of carbonyl (C=O) groups is 1. The lowest BCUT2D eigenvalue weighted by Crippen LogP contribution is -2.17. The second-order valence-corrected chi connectivity index (χ2v) is 7.89. The number of benzene rings is 2. The van der Waals surface area contributed by atoms with Gasteiger partial charge < -0.3 is 23.9 Å². The van der Waals surface area contributed by atoms with Crippen molar-refractivity contribution in [2.24, 2.45) is 0 Å². The lowest BCUT2D eigenvalue weighted by molar-refractivity contribution is 0.0705. The van der Waals surface area contributed by atoms with Crippen molar-refractivity contribution in [3.05, 3.63) is 65.4 Å². The Labute approximate surface area is 186 Å². The number of hydrogen-bond donors (Lipinski definition) is 1. The summed E-state index contributed by atoms with van der Waals surface area (Å²) in [4.78, 5) is 19.7. The van der Waals surface area contributed by atoms with Crippen LogP contribution in [0.25, 0.3) is 21.8 Å². The van der Waals surface area contributed by atoms with Crippen LogP contribution in [-0.4, -0.2) is 29.3 Å². The first-order chi connectivity index (χ1) is 15.4. The van der Waals surface area contributed by atoms with Crippen molar-refractivity contribution < 1.29 is 23.7 Å². The average molecular weight is 434 g/mol. The third-order valence-corrected chi connectivity index (χ3v) is 4.96. The van der Waals surface area contributed by atoms with Crippen LogP contribution in [0.15, 0.2) is 48.7 Å². The zero-order chi connectivity index (χ0) is 22.7. The third kappa shape index (κ3) is 4.68. The topological polar surface area (TPSA) is 82.7 Å². The predicted molar refractivity (Wildman–Crippen MR) is 122 cm³/mol. The highest BCUT2D eigenvalue weighted by Gasteiger charge is 2.19. The maximum atomic E-state index is 12.1. The Hall–Kier alpha value is -3.58. The van der Waals surface area contributed by atoms with E-state index in [1.54, 1.807) is 27.2 Å². The molecule has 0 bridgehead atoms. The van der Waals surface area contributed by atoms with Crippen molar-refractivity contribution in [2.45, 2.75) is 40.1 Å². The van der Waals surface area contributed by atoms with E-state index < -0.39 is 6.16 Å². The first-order valence-corrected chi connectivity index (χ1v) is 10.4. The molecule has 1 N–H and O–H groups in total. The monoisotopic (exact) mass is 434 g/mol. The summed E-state index contributed by atoms with van der Waals surface area (Å²) in [5, 5.41) is 1.79. The van der Waals surface area contributed by atoms with Gasteiger partial charge in [0.2, 0.25) is 5.88 Å². The number of aromatic nitrogens is 2. The molecule has 0 atom stereocenters. The highest BCUT2D eigenvalue weighted by atomic mass is 16.7. The van der Waals surface area contributed by atoms with Crippen LogP contribution < -0.4 is 9.47 Å². The zero-order valence-electron chi connectivity index (χ0n) is 18.6. The van der Waals surface area contributed by atoms with Gasteiger partial charge in [-0.25, -0.2) is 9.78 Å². The first-order valence-electron chi connectivity index (χ1n) is 10.4. The molecule has 2 aromatic heterocycles. The Kier molecular flexibility index (Phi) is 6.28. The molecule has 0 radical (unpaired) electrons. The van der Waals surface area contributed by atoms with Gasteiger partial charge in [-0.2, -0.15) is 0 Å². The van der Waals surface area contributed by atoms with Crippen molar-refractivity contribution in [3.8, 4) is 11.6 Å². The summed E-state index contributed by atoms with van der Waals surface area (Å²) in [6.07, 6.45) is 0.546. The molecule has 166 valence electrons. The van der Waals surface area contributed by atoms with Crippen LogP contribution >= 0.6 is 0 Å². The first kappa shape index (κ1) is 21.6. The fourth-order valence-electron chi connectivity index (χ4n) is 3.64. The summed E-state index contributed by atoms with van der Waals surface area (Å²) in [5.74, 6) is 0.902. The summed E-state index contributed by atoms with van der Waals surface area (Å²) in [7, 11) is 1.58. The number of ether oxygens (including phenoxy) is 4. The number of H-pyrrole nitrogens is 1. The Morgan fingerprint density at radius 1 is 1.09 bits per heavy atom. The number of fused-ring (bicyclic) bond motifs is 3. The molecule has 0 unspecified atom stereocenters. The smallest absolute Gasteiger partial charge is 0.489 e. The number of carbonyl (C=O) groups excluding carboxylic acids is 1. The van der Waals surface area contributed by atoms with Crippen LogP contribution in [0.5, 0.6) is 11.6 Å². The van der Waals surface area contributed by atoms with Gasteiger partial charge in [-0.15, -0.1) is 0 Å². The molecular weight excluding hydrogens is 408 g/mol. The highest BCUT2D eigenvalue weighted by molar-refractivity contribution is 6.09. The van der Waals surface area contributed by atoms with Gasteiger partial charge in [-0.05, 0) is 44.5 Å². The van der Waals surface area contributed by atoms with Crippen LogP contribution in [-0.2, 0) is 22.7 Å². The van der Waals surface area contributed by atoms with Crippen LogP contribution in [0.4, 0.5) is 4.79 Å². The minimum absolute atomic E-state index is 0.164. The molecule has 0 fully saturated rings. The molecule has 32 heavy (non-hydrogen) atoms. The van der Waals surface area contributed by atoms with Gasteiger partial charge in [0, 0.05) is 23.4 Å². The molecule has 4 aromatic rings. The highest BCUT2D eigenvalue weighted by Crippen LogP contribution is 2.35. The minimum atomic E-state index is -0.800. The maximum Gasteiger partial charge on any atom is 0.515 e. The maximum absolute atomic E-state index is 12.1.